The minimum absolute atomic E-state index is 0.199. The van der Waals surface area contributed by atoms with Gasteiger partial charge in [-0.15, -0.1) is 0 Å². The van der Waals surface area contributed by atoms with Crippen molar-refractivity contribution in [2.75, 3.05) is 5.33 Å². The first-order chi connectivity index (χ1) is 5.36. The lowest BCUT2D eigenvalue weighted by atomic mass is 10.1. The van der Waals surface area contributed by atoms with Crippen LogP contribution in [0, 0.1) is 5.92 Å². The predicted octanol–water partition coefficient (Wildman–Crippen LogP) is 3.43. The van der Waals surface area contributed by atoms with Gasteiger partial charge >= 0.3 is 0 Å². The molecule has 0 spiro atoms. The van der Waals surface area contributed by atoms with Gasteiger partial charge in [0.15, 0.2) is 0 Å². The number of halogens is 1. The maximum atomic E-state index is 3.59. The van der Waals surface area contributed by atoms with E-state index >= 15 is 0 Å². The Kier molecular flexibility index (Phi) is 4.77. The molecule has 1 saturated heterocycles. The summed E-state index contributed by atoms with van der Waals surface area (Å²) in [6, 6.07) is 4.86. The van der Waals surface area contributed by atoms with Gasteiger partial charge in [0.1, 0.15) is 0 Å². The highest BCUT2D eigenvalue weighted by Gasteiger charge is 2.20. The van der Waals surface area contributed by atoms with Crippen LogP contribution in [0.15, 0.2) is 0 Å². The van der Waals surface area contributed by atoms with Gasteiger partial charge in [-0.25, -0.2) is 0 Å². The average molecular weight is 235 g/mol. The minimum atomic E-state index is -0.199. The first-order valence-electron chi connectivity index (χ1n) is 4.92. The van der Waals surface area contributed by atoms with Crippen molar-refractivity contribution < 1.29 is 0 Å². The molecule has 0 atom stereocenters. The molecule has 0 amide bonds. The van der Waals surface area contributed by atoms with E-state index in [9.17, 15) is 0 Å². The maximum absolute atomic E-state index is 3.59. The maximum Gasteiger partial charge on any atom is 0.0367 e. The van der Waals surface area contributed by atoms with E-state index in [0.717, 1.165) is 5.92 Å². The zero-order valence-electron chi connectivity index (χ0n) is 7.48. The van der Waals surface area contributed by atoms with E-state index < -0.39 is 0 Å². The number of hydrogen-bond acceptors (Lipinski definition) is 0. The quantitative estimate of drug-likeness (QED) is 0.519. The van der Waals surface area contributed by atoms with Gasteiger partial charge < -0.3 is 0 Å². The largest absolute Gasteiger partial charge is 0.0925 e. The van der Waals surface area contributed by atoms with Crippen molar-refractivity contribution >= 4 is 24.7 Å². The monoisotopic (exact) mass is 234 g/mol. The highest BCUT2D eigenvalue weighted by molar-refractivity contribution is 9.09. The van der Waals surface area contributed by atoms with Crippen molar-refractivity contribution in [2.24, 2.45) is 5.92 Å². The van der Waals surface area contributed by atoms with E-state index in [0.29, 0.717) is 0 Å². The van der Waals surface area contributed by atoms with Gasteiger partial charge in [0, 0.05) is 14.1 Å². The number of rotatable bonds is 3. The molecule has 1 rings (SSSR count). The Labute approximate surface area is 80.5 Å². The first-order valence-corrected chi connectivity index (χ1v) is 8.49. The third-order valence-corrected chi connectivity index (χ3v) is 7.49. The molecule has 0 aromatic carbocycles. The van der Waals surface area contributed by atoms with Crippen LogP contribution in [-0.4, -0.2) is 14.1 Å². The van der Waals surface area contributed by atoms with Gasteiger partial charge in [0.05, 0.1) is 0 Å². The highest BCUT2D eigenvalue weighted by atomic mass is 79.9. The molecule has 0 radical (unpaired) electrons. The van der Waals surface area contributed by atoms with Gasteiger partial charge in [-0.1, -0.05) is 60.2 Å². The lowest BCUT2D eigenvalue weighted by Gasteiger charge is -2.25. The van der Waals surface area contributed by atoms with Crippen molar-refractivity contribution in [3.63, 3.8) is 0 Å². The Morgan fingerprint density at radius 1 is 1.36 bits per heavy atom. The molecule has 2 heteroatoms. The van der Waals surface area contributed by atoms with Crippen LogP contribution in [0.4, 0.5) is 0 Å². The molecule has 0 N–H and O–H groups in total. The summed E-state index contributed by atoms with van der Waals surface area (Å²) in [6.07, 6.45) is 4.50. The second-order valence-electron chi connectivity index (χ2n) is 3.83. The summed E-state index contributed by atoms with van der Waals surface area (Å²) in [6.45, 7) is 2.34. The molecule has 0 bridgehead atoms. The fraction of sp³-hybridized carbons (Fsp3) is 1.00. The summed E-state index contributed by atoms with van der Waals surface area (Å²) in [4.78, 5) is 0. The second-order valence-corrected chi connectivity index (χ2v) is 7.94. The number of alkyl halides is 1. The Morgan fingerprint density at radius 3 is 2.45 bits per heavy atom. The molecule has 1 aliphatic heterocycles. The summed E-state index contributed by atoms with van der Waals surface area (Å²) in [5.74, 6) is 1.02. The molecule has 0 unspecified atom stereocenters. The fourth-order valence-electron chi connectivity index (χ4n) is 2.08. The van der Waals surface area contributed by atoms with Crippen LogP contribution in [0.25, 0.3) is 0 Å². The van der Waals surface area contributed by atoms with E-state index in [1.165, 1.54) is 24.6 Å². The first kappa shape index (κ1) is 9.78. The van der Waals surface area contributed by atoms with E-state index in [-0.39, 0.29) is 8.80 Å². The number of hydrogen-bond donors (Lipinski definition) is 0. The van der Waals surface area contributed by atoms with Crippen molar-refractivity contribution in [3.05, 3.63) is 0 Å². The third-order valence-electron chi connectivity index (χ3n) is 2.88. The molecule has 1 fully saturated rings. The second kappa shape index (κ2) is 5.36. The lowest BCUT2D eigenvalue weighted by Crippen LogP contribution is -2.21. The lowest BCUT2D eigenvalue weighted by molar-refractivity contribution is 0.528. The van der Waals surface area contributed by atoms with Gasteiger partial charge in [-0.05, 0) is 5.92 Å². The molecule has 0 aromatic heterocycles. The molecule has 0 aliphatic carbocycles. The summed E-state index contributed by atoms with van der Waals surface area (Å²) in [5, 5.41) is 1.25. The molecule has 0 aromatic rings. The Hall–Kier alpha value is 0.697. The van der Waals surface area contributed by atoms with Gasteiger partial charge in [-0.2, -0.15) is 0 Å². The molecule has 0 nitrogen and oxygen atoms in total. The molecular weight excluding hydrogens is 216 g/mol. The van der Waals surface area contributed by atoms with Crippen LogP contribution < -0.4 is 0 Å². The van der Waals surface area contributed by atoms with E-state index in [4.69, 9.17) is 0 Å². The standard InChI is InChI=1S/C9H19BrSi/c1-2-5-11-6-3-9(8-10)4-7-11/h9,11H,2-8H2,1H3. The van der Waals surface area contributed by atoms with Crippen molar-refractivity contribution in [3.8, 4) is 0 Å². The van der Waals surface area contributed by atoms with Crippen LogP contribution in [0.3, 0.4) is 0 Å². The Morgan fingerprint density at radius 2 is 2.00 bits per heavy atom. The van der Waals surface area contributed by atoms with Crippen LogP contribution in [0.2, 0.25) is 18.1 Å². The van der Waals surface area contributed by atoms with Crippen molar-refractivity contribution in [1.82, 2.24) is 0 Å². The average Bonchev–Trinajstić information content (AvgIpc) is 2.07. The van der Waals surface area contributed by atoms with Crippen molar-refractivity contribution in [2.45, 2.75) is 44.3 Å². The van der Waals surface area contributed by atoms with E-state index in [2.05, 4.69) is 22.9 Å². The fourth-order valence-corrected chi connectivity index (χ4v) is 6.30. The van der Waals surface area contributed by atoms with Gasteiger partial charge in [0.2, 0.25) is 0 Å². The molecule has 66 valence electrons. The zero-order chi connectivity index (χ0) is 8.10. The smallest absolute Gasteiger partial charge is 0.0367 e. The highest BCUT2D eigenvalue weighted by Crippen LogP contribution is 2.28. The minimum Gasteiger partial charge on any atom is -0.0925 e. The molecule has 1 aliphatic rings. The normalized spacial score (nSPS) is 32.2. The zero-order valence-corrected chi connectivity index (χ0v) is 10.2. The summed E-state index contributed by atoms with van der Waals surface area (Å²) < 4.78 is 0. The molecule has 11 heavy (non-hydrogen) atoms. The van der Waals surface area contributed by atoms with Crippen LogP contribution in [0.5, 0.6) is 0 Å². The predicted molar refractivity (Wildman–Crippen MR) is 58.4 cm³/mol. The molecular formula is C9H19BrSi. The summed E-state index contributed by atoms with van der Waals surface area (Å²) in [5.41, 5.74) is 0. The van der Waals surface area contributed by atoms with Gasteiger partial charge in [0.25, 0.3) is 0 Å². The third kappa shape index (κ3) is 3.28. The Bertz CT molecular complexity index is 97.7. The Balaban J connectivity index is 2.14. The molecule has 1 heterocycles. The van der Waals surface area contributed by atoms with Crippen LogP contribution in [0.1, 0.15) is 26.2 Å². The van der Waals surface area contributed by atoms with Gasteiger partial charge in [-0.3, -0.25) is 0 Å². The summed E-state index contributed by atoms with van der Waals surface area (Å²) >= 11 is 3.59. The van der Waals surface area contributed by atoms with Crippen molar-refractivity contribution in [1.29, 1.82) is 0 Å². The molecule has 0 saturated carbocycles. The van der Waals surface area contributed by atoms with Crippen LogP contribution in [-0.2, 0) is 0 Å². The van der Waals surface area contributed by atoms with E-state index in [1.54, 1.807) is 18.1 Å². The topological polar surface area (TPSA) is 0 Å². The van der Waals surface area contributed by atoms with Crippen LogP contribution >= 0.6 is 15.9 Å². The van der Waals surface area contributed by atoms with E-state index in [1.807, 2.05) is 0 Å². The summed E-state index contributed by atoms with van der Waals surface area (Å²) in [7, 11) is -0.199. The SMILES string of the molecule is CCC[SiH]1CCC(CBr)CC1.